The maximum atomic E-state index is 14.5. The number of anilines is 2. The summed E-state index contributed by atoms with van der Waals surface area (Å²) in [7, 11) is 0. The van der Waals surface area contributed by atoms with Crippen molar-refractivity contribution in [1.82, 2.24) is 0 Å². The Bertz CT molecular complexity index is 1880. The zero-order valence-electron chi connectivity index (χ0n) is 24.1. The number of rotatable bonds is 5. The first-order valence-electron chi connectivity index (χ1n) is 14.7. The van der Waals surface area contributed by atoms with Crippen LogP contribution in [0.4, 0.5) is 15.8 Å². The van der Waals surface area contributed by atoms with Crippen LogP contribution in [0.1, 0.15) is 29.9 Å². The van der Waals surface area contributed by atoms with Crippen LogP contribution in [0.5, 0.6) is 5.75 Å². The zero-order chi connectivity index (χ0) is 32.7. The van der Waals surface area contributed by atoms with Gasteiger partial charge in [0, 0.05) is 16.0 Å². The molecular weight excluding hydrogens is 698 g/mol. The van der Waals surface area contributed by atoms with E-state index in [0.717, 1.165) is 21.5 Å². The van der Waals surface area contributed by atoms with Crippen LogP contribution in [0, 0.1) is 23.6 Å². The number of amides is 4. The number of hydrogen-bond donors (Lipinski definition) is 1. The number of phenols is 1. The summed E-state index contributed by atoms with van der Waals surface area (Å²) in [6.45, 7) is 3.76. The third-order valence-electron chi connectivity index (χ3n) is 9.81. The molecule has 4 aliphatic rings. The summed E-state index contributed by atoms with van der Waals surface area (Å²) in [5.41, 5.74) is 1.83. The van der Waals surface area contributed by atoms with E-state index in [-0.39, 0.29) is 35.7 Å². The van der Waals surface area contributed by atoms with Crippen molar-refractivity contribution in [3.63, 3.8) is 0 Å². The lowest BCUT2D eigenvalue weighted by Crippen LogP contribution is -2.60. The lowest BCUT2D eigenvalue weighted by Gasteiger charge is -2.50. The highest BCUT2D eigenvalue weighted by Crippen LogP contribution is 2.66. The molecule has 0 spiro atoms. The largest absolute Gasteiger partial charge is 0.507 e. The fourth-order valence-electron chi connectivity index (χ4n) is 7.75. The molecule has 1 N–H and O–H groups in total. The molecule has 0 radical (unpaired) electrons. The fourth-order valence-corrected chi connectivity index (χ4v) is 8.94. The van der Waals surface area contributed by atoms with E-state index in [1.165, 1.54) is 17.0 Å². The van der Waals surface area contributed by atoms with E-state index in [9.17, 15) is 28.7 Å². The molecule has 7 rings (SSSR count). The maximum absolute atomic E-state index is 14.5. The summed E-state index contributed by atoms with van der Waals surface area (Å²) in [6, 6.07) is 16.7. The number of alkyl halides is 2. The Hall–Kier alpha value is -3.79. The average Bonchev–Trinajstić information content (AvgIpc) is 3.37. The summed E-state index contributed by atoms with van der Waals surface area (Å²) in [5.74, 6) is -6.70. The molecule has 0 aromatic heterocycles. The van der Waals surface area contributed by atoms with Gasteiger partial charge in [-0.15, -0.1) is 29.8 Å². The summed E-state index contributed by atoms with van der Waals surface area (Å²) in [5, 5.41) is 11.6. The molecule has 0 bridgehead atoms. The second kappa shape index (κ2) is 10.9. The number of fused-ring (bicyclic) bond motifs is 4. The van der Waals surface area contributed by atoms with Gasteiger partial charge in [0.25, 0.3) is 11.8 Å². The molecule has 3 fully saturated rings. The number of aromatic hydroxyl groups is 1. The lowest BCUT2D eigenvalue weighted by molar-refractivity contribution is -0.125. The van der Waals surface area contributed by atoms with Crippen LogP contribution in [0.3, 0.4) is 0 Å². The minimum Gasteiger partial charge on any atom is -0.507 e. The van der Waals surface area contributed by atoms with Gasteiger partial charge in [0.2, 0.25) is 11.8 Å². The second-order valence-electron chi connectivity index (χ2n) is 12.1. The quantitative estimate of drug-likeness (QED) is 0.178. The first-order valence-corrected chi connectivity index (χ1v) is 16.3. The SMILES string of the molecule is C=CCc1cccc([C@H]2C3=CC[C@@H]4C(=O)N(c5ccc(Br)cc5)C(=O)[C@@H]4[C@@H]3C[C@@]3(Cl)C(=O)N(c4ccc(F)cc4)C(=O)[C@@]23Cl)c1O. The third kappa shape index (κ3) is 4.14. The standard InChI is InChI=1S/C35H26BrCl2FN2O5/c1-2-4-18-5-3-6-25(29(18)42)28-23-15-16-24-27(31(44)40(30(24)43)21-11-7-19(36)8-12-21)26(23)17-34(37)32(45)41(33(46)35(28,34)38)22-13-9-20(39)10-14-22/h2-3,5-15,24,26-28,42H,1,4,16-17H2/t24-,26+,27-,28+,34+,35-/m0/s1. The monoisotopic (exact) mass is 722 g/mol. The number of imide groups is 2. The zero-order valence-corrected chi connectivity index (χ0v) is 27.2. The predicted molar refractivity (Wildman–Crippen MR) is 175 cm³/mol. The van der Waals surface area contributed by atoms with Gasteiger partial charge < -0.3 is 5.11 Å². The van der Waals surface area contributed by atoms with E-state index in [0.29, 0.717) is 23.2 Å². The summed E-state index contributed by atoms with van der Waals surface area (Å²) in [6.07, 6.45) is 3.71. The van der Waals surface area contributed by atoms with Crippen LogP contribution < -0.4 is 9.80 Å². The van der Waals surface area contributed by atoms with E-state index in [1.54, 1.807) is 48.5 Å². The van der Waals surface area contributed by atoms with Crippen LogP contribution in [0.25, 0.3) is 0 Å². The van der Waals surface area contributed by atoms with E-state index in [2.05, 4.69) is 22.5 Å². The highest BCUT2D eigenvalue weighted by molar-refractivity contribution is 9.10. The molecule has 7 nitrogen and oxygen atoms in total. The van der Waals surface area contributed by atoms with E-state index in [4.69, 9.17) is 23.2 Å². The number of carbonyl (C=O) groups excluding carboxylic acids is 4. The van der Waals surface area contributed by atoms with Gasteiger partial charge in [0.05, 0.1) is 23.2 Å². The molecule has 2 saturated heterocycles. The summed E-state index contributed by atoms with van der Waals surface area (Å²) in [4.78, 5) is 54.6. The molecule has 2 aliphatic heterocycles. The first kappa shape index (κ1) is 30.8. The highest BCUT2D eigenvalue weighted by Gasteiger charge is 2.77. The molecule has 2 aliphatic carbocycles. The molecule has 3 aromatic carbocycles. The normalized spacial score (nSPS) is 30.2. The van der Waals surface area contributed by atoms with Crippen LogP contribution >= 0.6 is 39.1 Å². The average molecular weight is 724 g/mol. The van der Waals surface area contributed by atoms with E-state index in [1.807, 2.05) is 6.08 Å². The van der Waals surface area contributed by atoms with Crippen molar-refractivity contribution < 1.29 is 28.7 Å². The van der Waals surface area contributed by atoms with Gasteiger partial charge in [-0.2, -0.15) is 0 Å². The molecule has 11 heteroatoms. The number of carbonyl (C=O) groups is 4. The van der Waals surface area contributed by atoms with Crippen molar-refractivity contribution in [3.05, 3.63) is 112 Å². The molecular formula is C35H26BrCl2FN2O5. The minimum atomic E-state index is -2.14. The van der Waals surface area contributed by atoms with Gasteiger partial charge in [-0.1, -0.05) is 51.9 Å². The number of halogens is 4. The van der Waals surface area contributed by atoms with Crippen molar-refractivity contribution in [2.75, 3.05) is 9.80 Å². The smallest absolute Gasteiger partial charge is 0.258 e. The molecule has 1 saturated carbocycles. The topological polar surface area (TPSA) is 95.0 Å². The second-order valence-corrected chi connectivity index (χ2v) is 14.2. The van der Waals surface area contributed by atoms with Gasteiger partial charge in [0.1, 0.15) is 11.6 Å². The number of para-hydroxylation sites is 1. The van der Waals surface area contributed by atoms with Gasteiger partial charge in [-0.25, -0.2) is 9.29 Å². The van der Waals surface area contributed by atoms with Crippen LogP contribution in [-0.2, 0) is 25.6 Å². The van der Waals surface area contributed by atoms with Crippen molar-refractivity contribution in [1.29, 1.82) is 0 Å². The Balaban J connectivity index is 1.42. The molecule has 0 unspecified atom stereocenters. The predicted octanol–water partition coefficient (Wildman–Crippen LogP) is 6.79. The molecule has 6 atom stereocenters. The molecule has 46 heavy (non-hydrogen) atoms. The van der Waals surface area contributed by atoms with Crippen molar-refractivity contribution in [3.8, 4) is 5.75 Å². The van der Waals surface area contributed by atoms with E-state index < -0.39 is 57.0 Å². The van der Waals surface area contributed by atoms with Crippen LogP contribution in [0.2, 0.25) is 0 Å². The number of hydrogen-bond acceptors (Lipinski definition) is 5. The fraction of sp³-hybridized carbons (Fsp3) is 0.257. The summed E-state index contributed by atoms with van der Waals surface area (Å²) < 4.78 is 14.6. The van der Waals surface area contributed by atoms with Crippen LogP contribution in [0.15, 0.2) is 95.5 Å². The Morgan fingerprint density at radius 2 is 1.57 bits per heavy atom. The Morgan fingerprint density at radius 3 is 2.24 bits per heavy atom. The van der Waals surface area contributed by atoms with Gasteiger partial charge in [-0.3, -0.25) is 24.1 Å². The van der Waals surface area contributed by atoms with Crippen LogP contribution in [-0.4, -0.2) is 38.5 Å². The number of allylic oxidation sites excluding steroid dienone is 3. The van der Waals surface area contributed by atoms with E-state index >= 15 is 0 Å². The Labute approximate surface area is 282 Å². The maximum Gasteiger partial charge on any atom is 0.258 e. The molecule has 4 amide bonds. The summed E-state index contributed by atoms with van der Waals surface area (Å²) >= 11 is 18.2. The van der Waals surface area contributed by atoms with Crippen molar-refractivity contribution in [2.24, 2.45) is 17.8 Å². The van der Waals surface area contributed by atoms with Gasteiger partial charge in [0.15, 0.2) is 9.75 Å². The highest BCUT2D eigenvalue weighted by atomic mass is 79.9. The van der Waals surface area contributed by atoms with Gasteiger partial charge in [-0.05, 0) is 79.3 Å². The number of benzene rings is 3. The minimum absolute atomic E-state index is 0.0811. The third-order valence-corrected chi connectivity index (χ3v) is 11.7. The van der Waals surface area contributed by atoms with Crippen molar-refractivity contribution >= 4 is 74.1 Å². The lowest BCUT2D eigenvalue weighted by atomic mass is 9.56. The van der Waals surface area contributed by atoms with Crippen molar-refractivity contribution in [2.45, 2.75) is 34.9 Å². The number of phenolic OH excluding ortho intramolecular Hbond substituents is 1. The van der Waals surface area contributed by atoms with Gasteiger partial charge >= 0.3 is 0 Å². The Morgan fingerprint density at radius 1 is 0.913 bits per heavy atom. The molecule has 2 heterocycles. The first-order chi connectivity index (χ1) is 21.9. The Kier molecular flexibility index (Phi) is 7.30. The molecule has 3 aromatic rings. The molecule has 234 valence electrons. The number of nitrogens with zero attached hydrogens (tertiary/aromatic N) is 2.